The molecule has 3 amide bonds. The Labute approximate surface area is 217 Å². The molecule has 3 aromatic carbocycles. The van der Waals surface area contributed by atoms with Gasteiger partial charge in [-0.2, -0.15) is 0 Å². The van der Waals surface area contributed by atoms with E-state index in [-0.39, 0.29) is 30.7 Å². The molecule has 1 aliphatic rings. The third-order valence-electron chi connectivity index (χ3n) is 6.66. The van der Waals surface area contributed by atoms with Crippen molar-refractivity contribution in [2.75, 3.05) is 18.0 Å². The first-order chi connectivity index (χ1) is 17.4. The molecule has 0 saturated heterocycles. The van der Waals surface area contributed by atoms with Crippen molar-refractivity contribution in [3.05, 3.63) is 76.8 Å². The van der Waals surface area contributed by atoms with Crippen molar-refractivity contribution >= 4 is 45.8 Å². The van der Waals surface area contributed by atoms with Crippen LogP contribution in [0, 0.1) is 0 Å². The molecule has 0 aliphatic carbocycles. The lowest BCUT2D eigenvalue weighted by Crippen LogP contribution is -2.47. The molecule has 0 radical (unpaired) electrons. The predicted octanol–water partition coefficient (Wildman–Crippen LogP) is 5.57. The highest BCUT2D eigenvalue weighted by Gasteiger charge is 2.30. The highest BCUT2D eigenvalue weighted by molar-refractivity contribution is 6.30. The van der Waals surface area contributed by atoms with Crippen molar-refractivity contribution in [1.82, 2.24) is 10.2 Å². The molecule has 3 aromatic rings. The van der Waals surface area contributed by atoms with Gasteiger partial charge in [-0.15, -0.1) is 0 Å². The van der Waals surface area contributed by atoms with Crippen LogP contribution in [0.2, 0.25) is 5.02 Å². The SMILES string of the molecule is CCCCNC(=O)[C@H](C)N(Cc1cccc(Cl)c1)C(=O)CCCN1C(=O)c2cccc3cccc1c23. The maximum Gasteiger partial charge on any atom is 0.258 e. The van der Waals surface area contributed by atoms with Crippen LogP contribution in [0.4, 0.5) is 5.69 Å². The van der Waals surface area contributed by atoms with E-state index >= 15 is 0 Å². The van der Waals surface area contributed by atoms with Crippen LogP contribution in [0.15, 0.2) is 60.7 Å². The van der Waals surface area contributed by atoms with E-state index in [2.05, 4.69) is 12.2 Å². The standard InChI is InChI=1S/C29H32ClN3O3/c1-3-4-16-31-28(35)20(2)33(19-21-9-5-12-23(30)18-21)26(34)15-8-17-32-25-14-7-11-22-10-6-13-24(27(22)25)29(32)36/h5-7,9-14,18,20H,3-4,8,15-17,19H2,1-2H3,(H,31,35)/t20-/m0/s1. The Morgan fingerprint density at radius 3 is 2.56 bits per heavy atom. The Morgan fingerprint density at radius 1 is 1.06 bits per heavy atom. The van der Waals surface area contributed by atoms with Gasteiger partial charge in [-0.25, -0.2) is 0 Å². The summed E-state index contributed by atoms with van der Waals surface area (Å²) in [5.41, 5.74) is 2.45. The highest BCUT2D eigenvalue weighted by atomic mass is 35.5. The zero-order chi connectivity index (χ0) is 25.7. The van der Waals surface area contributed by atoms with E-state index in [1.165, 1.54) is 0 Å². The average molecular weight is 506 g/mol. The lowest BCUT2D eigenvalue weighted by Gasteiger charge is -2.29. The largest absolute Gasteiger partial charge is 0.354 e. The molecule has 36 heavy (non-hydrogen) atoms. The average Bonchev–Trinajstić information content (AvgIpc) is 3.15. The van der Waals surface area contributed by atoms with Crippen LogP contribution >= 0.6 is 11.6 Å². The van der Waals surface area contributed by atoms with Gasteiger partial charge < -0.3 is 15.1 Å². The monoisotopic (exact) mass is 505 g/mol. The van der Waals surface area contributed by atoms with E-state index in [0.717, 1.165) is 34.9 Å². The van der Waals surface area contributed by atoms with Gasteiger partial charge >= 0.3 is 0 Å². The predicted molar refractivity (Wildman–Crippen MR) is 144 cm³/mol. The summed E-state index contributed by atoms with van der Waals surface area (Å²) in [4.78, 5) is 42.6. The first kappa shape index (κ1) is 25.7. The third kappa shape index (κ3) is 5.54. The fourth-order valence-electron chi connectivity index (χ4n) is 4.68. The topological polar surface area (TPSA) is 69.7 Å². The molecule has 7 heteroatoms. The quantitative estimate of drug-likeness (QED) is 0.346. The molecule has 0 saturated carbocycles. The number of carbonyl (C=O) groups is 3. The fraction of sp³-hybridized carbons (Fsp3) is 0.345. The summed E-state index contributed by atoms with van der Waals surface area (Å²) in [7, 11) is 0. The first-order valence-corrected chi connectivity index (χ1v) is 12.9. The zero-order valence-electron chi connectivity index (χ0n) is 20.8. The second kappa shape index (κ2) is 11.6. The number of benzene rings is 3. The summed E-state index contributed by atoms with van der Waals surface area (Å²) in [6, 6.07) is 18.4. The van der Waals surface area contributed by atoms with Gasteiger partial charge in [-0.05, 0) is 55.0 Å². The summed E-state index contributed by atoms with van der Waals surface area (Å²) in [6.45, 7) is 5.12. The summed E-state index contributed by atoms with van der Waals surface area (Å²) < 4.78 is 0. The minimum Gasteiger partial charge on any atom is -0.354 e. The lowest BCUT2D eigenvalue weighted by atomic mass is 10.1. The summed E-state index contributed by atoms with van der Waals surface area (Å²) in [5.74, 6) is -0.333. The minimum absolute atomic E-state index is 0.0336. The number of anilines is 1. The van der Waals surface area contributed by atoms with Gasteiger partial charge in [0.25, 0.3) is 5.91 Å². The lowest BCUT2D eigenvalue weighted by molar-refractivity contribution is -0.140. The number of amides is 3. The molecule has 0 bridgehead atoms. The zero-order valence-corrected chi connectivity index (χ0v) is 21.6. The summed E-state index contributed by atoms with van der Waals surface area (Å²) >= 11 is 6.16. The van der Waals surface area contributed by atoms with Gasteiger partial charge in [0, 0.05) is 42.0 Å². The van der Waals surface area contributed by atoms with Crippen molar-refractivity contribution in [3.63, 3.8) is 0 Å². The van der Waals surface area contributed by atoms with Crippen LogP contribution in [0.3, 0.4) is 0 Å². The molecule has 1 atom stereocenters. The van der Waals surface area contributed by atoms with Crippen molar-refractivity contribution in [2.24, 2.45) is 0 Å². The number of nitrogens with zero attached hydrogens (tertiary/aromatic N) is 2. The molecule has 0 aromatic heterocycles. The number of carbonyl (C=O) groups excluding carboxylic acids is 3. The summed E-state index contributed by atoms with van der Waals surface area (Å²) in [6.07, 6.45) is 2.58. The van der Waals surface area contributed by atoms with Gasteiger partial charge in [0.2, 0.25) is 11.8 Å². The molecule has 4 rings (SSSR count). The Kier molecular flexibility index (Phi) is 8.26. The Hall–Kier alpha value is -3.38. The number of halogens is 1. The Bertz CT molecular complexity index is 1270. The van der Waals surface area contributed by atoms with Crippen LogP contribution < -0.4 is 10.2 Å². The number of rotatable bonds is 11. The smallest absolute Gasteiger partial charge is 0.258 e. The van der Waals surface area contributed by atoms with Crippen LogP contribution in [-0.4, -0.2) is 41.8 Å². The van der Waals surface area contributed by atoms with Crippen molar-refractivity contribution in [2.45, 2.75) is 52.1 Å². The molecular weight excluding hydrogens is 474 g/mol. The number of hydrogen-bond acceptors (Lipinski definition) is 3. The second-order valence-electron chi connectivity index (χ2n) is 9.21. The van der Waals surface area contributed by atoms with Gasteiger partial charge in [0.15, 0.2) is 0 Å². The molecule has 1 heterocycles. The molecule has 1 aliphatic heterocycles. The Balaban J connectivity index is 1.44. The van der Waals surface area contributed by atoms with Gasteiger partial charge in [0.1, 0.15) is 6.04 Å². The molecule has 0 fully saturated rings. The first-order valence-electron chi connectivity index (χ1n) is 12.6. The molecule has 0 spiro atoms. The van der Waals surface area contributed by atoms with E-state index in [4.69, 9.17) is 11.6 Å². The molecule has 1 N–H and O–H groups in total. The van der Waals surface area contributed by atoms with Crippen LogP contribution in [0.25, 0.3) is 10.8 Å². The van der Waals surface area contributed by atoms with Gasteiger partial charge in [-0.3, -0.25) is 14.4 Å². The number of unbranched alkanes of at least 4 members (excludes halogenated alkanes) is 1. The fourth-order valence-corrected chi connectivity index (χ4v) is 4.90. The van der Waals surface area contributed by atoms with Crippen molar-refractivity contribution in [3.8, 4) is 0 Å². The van der Waals surface area contributed by atoms with E-state index in [1.807, 2.05) is 54.6 Å². The molecule has 6 nitrogen and oxygen atoms in total. The van der Waals surface area contributed by atoms with E-state index in [0.29, 0.717) is 30.1 Å². The Morgan fingerprint density at radius 2 is 1.81 bits per heavy atom. The van der Waals surface area contributed by atoms with E-state index < -0.39 is 6.04 Å². The van der Waals surface area contributed by atoms with Crippen LogP contribution in [0.1, 0.15) is 55.5 Å². The third-order valence-corrected chi connectivity index (χ3v) is 6.90. The van der Waals surface area contributed by atoms with Crippen LogP contribution in [-0.2, 0) is 16.1 Å². The van der Waals surface area contributed by atoms with Crippen LogP contribution in [0.5, 0.6) is 0 Å². The normalized spacial score (nSPS) is 13.2. The molecule has 188 valence electrons. The van der Waals surface area contributed by atoms with Crippen molar-refractivity contribution in [1.29, 1.82) is 0 Å². The number of nitrogens with one attached hydrogen (secondary N) is 1. The summed E-state index contributed by atoms with van der Waals surface area (Å²) in [5, 5.41) is 5.52. The second-order valence-corrected chi connectivity index (χ2v) is 9.65. The van der Waals surface area contributed by atoms with Crippen molar-refractivity contribution < 1.29 is 14.4 Å². The minimum atomic E-state index is -0.625. The van der Waals surface area contributed by atoms with Gasteiger partial charge in [0.05, 0.1) is 5.69 Å². The van der Waals surface area contributed by atoms with Gasteiger partial charge in [-0.1, -0.05) is 61.3 Å². The maximum absolute atomic E-state index is 13.4. The number of hydrogen-bond donors (Lipinski definition) is 1. The highest BCUT2D eigenvalue weighted by Crippen LogP contribution is 2.37. The molecular formula is C29H32ClN3O3. The van der Waals surface area contributed by atoms with E-state index in [9.17, 15) is 14.4 Å². The maximum atomic E-state index is 13.4. The molecule has 0 unspecified atom stereocenters. The van der Waals surface area contributed by atoms with E-state index in [1.54, 1.807) is 22.8 Å².